The molecular weight excluding hydrogens is 255 g/mol. The van der Waals surface area contributed by atoms with Crippen molar-refractivity contribution >= 4 is 5.91 Å². The molecule has 1 heterocycles. The Morgan fingerprint density at radius 1 is 1.20 bits per heavy atom. The Morgan fingerprint density at radius 2 is 1.90 bits per heavy atom. The summed E-state index contributed by atoms with van der Waals surface area (Å²) in [6.45, 7) is 4.45. The lowest BCUT2D eigenvalue weighted by atomic mass is 10.1. The number of carbonyl (C=O) groups is 1. The van der Waals surface area contributed by atoms with Crippen molar-refractivity contribution in [2.75, 3.05) is 6.54 Å². The van der Waals surface area contributed by atoms with Crippen LogP contribution in [0.1, 0.15) is 29.4 Å². The smallest absolute Gasteiger partial charge is 0.253 e. The summed E-state index contributed by atoms with van der Waals surface area (Å²) in [5, 5.41) is 2.83. The third-order valence-electron chi connectivity index (χ3n) is 3.01. The molecule has 0 radical (unpaired) electrons. The largest absolute Gasteiger partial charge is 0.352 e. The van der Waals surface area contributed by atoms with E-state index in [4.69, 9.17) is 0 Å². The molecule has 0 saturated carbocycles. The number of pyridine rings is 1. The zero-order valence-corrected chi connectivity index (χ0v) is 11.6. The molecule has 1 amide bonds. The highest BCUT2D eigenvalue weighted by molar-refractivity contribution is 5.95. The van der Waals surface area contributed by atoms with Crippen LogP contribution in [0.25, 0.3) is 11.3 Å². The predicted octanol–water partition coefficient (Wildman–Crippen LogP) is 3.34. The Kier molecular flexibility index (Phi) is 4.45. The number of nitrogens with one attached hydrogen (secondary N) is 1. The minimum Gasteiger partial charge on any atom is -0.352 e. The monoisotopic (exact) mass is 272 g/mol. The van der Waals surface area contributed by atoms with Crippen LogP contribution in [0, 0.1) is 12.7 Å². The van der Waals surface area contributed by atoms with E-state index in [9.17, 15) is 9.18 Å². The van der Waals surface area contributed by atoms with Gasteiger partial charge < -0.3 is 5.32 Å². The van der Waals surface area contributed by atoms with Gasteiger partial charge in [0, 0.05) is 12.1 Å². The summed E-state index contributed by atoms with van der Waals surface area (Å²) < 4.78 is 12.9. The molecule has 0 aliphatic rings. The number of amides is 1. The molecule has 104 valence electrons. The predicted molar refractivity (Wildman–Crippen MR) is 77.0 cm³/mol. The number of carbonyl (C=O) groups excluding carboxylic acids is 1. The Balaban J connectivity index is 2.25. The van der Waals surface area contributed by atoms with Gasteiger partial charge in [-0.25, -0.2) is 4.39 Å². The standard InChI is InChI=1S/C16H17FN2O/c1-3-10-18-16(20)14-8-9-15(19-11(14)2)12-4-6-13(17)7-5-12/h4-9H,3,10H2,1-2H3,(H,18,20). The molecule has 0 atom stereocenters. The molecule has 0 spiro atoms. The van der Waals surface area contributed by atoms with Crippen LogP contribution in [0.5, 0.6) is 0 Å². The molecule has 0 aliphatic heterocycles. The molecule has 0 unspecified atom stereocenters. The highest BCUT2D eigenvalue weighted by Crippen LogP contribution is 2.19. The van der Waals surface area contributed by atoms with Crippen LogP contribution in [0.2, 0.25) is 0 Å². The summed E-state index contributed by atoms with van der Waals surface area (Å²) in [7, 11) is 0. The first-order valence-electron chi connectivity index (χ1n) is 6.63. The van der Waals surface area contributed by atoms with E-state index in [1.165, 1.54) is 12.1 Å². The lowest BCUT2D eigenvalue weighted by Gasteiger charge is -2.08. The summed E-state index contributed by atoms with van der Waals surface area (Å²) in [5.74, 6) is -0.386. The van der Waals surface area contributed by atoms with Crippen molar-refractivity contribution in [1.29, 1.82) is 0 Å². The summed E-state index contributed by atoms with van der Waals surface area (Å²) in [5.41, 5.74) is 2.80. The number of aromatic nitrogens is 1. The molecule has 2 rings (SSSR count). The maximum absolute atomic E-state index is 12.9. The molecule has 20 heavy (non-hydrogen) atoms. The van der Waals surface area contributed by atoms with Gasteiger partial charge in [0.05, 0.1) is 17.0 Å². The van der Waals surface area contributed by atoms with Gasteiger partial charge in [-0.3, -0.25) is 9.78 Å². The zero-order valence-electron chi connectivity index (χ0n) is 11.6. The second kappa shape index (κ2) is 6.28. The molecule has 1 aromatic heterocycles. The van der Waals surface area contributed by atoms with Gasteiger partial charge in [-0.1, -0.05) is 6.92 Å². The maximum atomic E-state index is 12.9. The first-order valence-corrected chi connectivity index (χ1v) is 6.63. The number of hydrogen-bond acceptors (Lipinski definition) is 2. The van der Waals surface area contributed by atoms with Crippen LogP contribution in [0.3, 0.4) is 0 Å². The van der Waals surface area contributed by atoms with E-state index in [-0.39, 0.29) is 11.7 Å². The summed E-state index contributed by atoms with van der Waals surface area (Å²) in [4.78, 5) is 16.3. The lowest BCUT2D eigenvalue weighted by Crippen LogP contribution is -2.25. The van der Waals surface area contributed by atoms with E-state index < -0.39 is 0 Å². The highest BCUT2D eigenvalue weighted by atomic mass is 19.1. The molecular formula is C16H17FN2O. The molecule has 0 saturated heterocycles. The van der Waals surface area contributed by atoms with E-state index in [1.807, 2.05) is 6.92 Å². The first kappa shape index (κ1) is 14.2. The highest BCUT2D eigenvalue weighted by Gasteiger charge is 2.10. The number of nitrogens with zero attached hydrogens (tertiary/aromatic N) is 1. The lowest BCUT2D eigenvalue weighted by molar-refractivity contribution is 0.0952. The summed E-state index contributed by atoms with van der Waals surface area (Å²) in [6, 6.07) is 9.68. The van der Waals surface area contributed by atoms with Crippen LogP contribution in [-0.4, -0.2) is 17.4 Å². The third kappa shape index (κ3) is 3.20. The van der Waals surface area contributed by atoms with E-state index in [1.54, 1.807) is 31.2 Å². The second-order valence-electron chi connectivity index (χ2n) is 4.59. The number of benzene rings is 1. The zero-order chi connectivity index (χ0) is 14.5. The average Bonchev–Trinajstić information content (AvgIpc) is 2.45. The van der Waals surface area contributed by atoms with Gasteiger partial charge in [-0.15, -0.1) is 0 Å². The van der Waals surface area contributed by atoms with Gasteiger partial charge in [0.25, 0.3) is 5.91 Å². The molecule has 1 N–H and O–H groups in total. The van der Waals surface area contributed by atoms with Crippen molar-refractivity contribution in [2.45, 2.75) is 20.3 Å². The van der Waals surface area contributed by atoms with Crippen molar-refractivity contribution < 1.29 is 9.18 Å². The fourth-order valence-electron chi connectivity index (χ4n) is 1.92. The molecule has 4 heteroatoms. The van der Waals surface area contributed by atoms with E-state index in [2.05, 4.69) is 10.3 Å². The van der Waals surface area contributed by atoms with Crippen molar-refractivity contribution in [3.05, 3.63) is 53.5 Å². The van der Waals surface area contributed by atoms with Gasteiger partial charge in [0.2, 0.25) is 0 Å². The Labute approximate surface area is 117 Å². The Morgan fingerprint density at radius 3 is 2.50 bits per heavy atom. The number of rotatable bonds is 4. The molecule has 0 aliphatic carbocycles. The molecule has 0 bridgehead atoms. The van der Waals surface area contributed by atoms with E-state index >= 15 is 0 Å². The van der Waals surface area contributed by atoms with E-state index in [0.717, 1.165) is 17.7 Å². The van der Waals surface area contributed by atoms with Crippen molar-refractivity contribution in [3.8, 4) is 11.3 Å². The van der Waals surface area contributed by atoms with Crippen LogP contribution in [0.15, 0.2) is 36.4 Å². The fraction of sp³-hybridized carbons (Fsp3) is 0.250. The number of hydrogen-bond donors (Lipinski definition) is 1. The Bertz CT molecular complexity index is 608. The molecule has 3 nitrogen and oxygen atoms in total. The van der Waals surface area contributed by atoms with Crippen LogP contribution >= 0.6 is 0 Å². The average molecular weight is 272 g/mol. The van der Waals surface area contributed by atoms with Crippen molar-refractivity contribution in [1.82, 2.24) is 10.3 Å². The van der Waals surface area contributed by atoms with Gasteiger partial charge in [-0.05, 0) is 49.7 Å². The van der Waals surface area contributed by atoms with Gasteiger partial charge >= 0.3 is 0 Å². The third-order valence-corrected chi connectivity index (χ3v) is 3.01. The van der Waals surface area contributed by atoms with Gasteiger partial charge in [0.1, 0.15) is 5.82 Å². The fourth-order valence-corrected chi connectivity index (χ4v) is 1.92. The summed E-state index contributed by atoms with van der Waals surface area (Å²) in [6.07, 6.45) is 0.895. The van der Waals surface area contributed by atoms with Gasteiger partial charge in [0.15, 0.2) is 0 Å². The van der Waals surface area contributed by atoms with E-state index in [0.29, 0.717) is 17.8 Å². The molecule has 0 fully saturated rings. The van der Waals surface area contributed by atoms with Crippen LogP contribution in [0.4, 0.5) is 4.39 Å². The maximum Gasteiger partial charge on any atom is 0.253 e. The molecule has 2 aromatic rings. The summed E-state index contributed by atoms with van der Waals surface area (Å²) >= 11 is 0. The first-order chi connectivity index (χ1) is 9.61. The quantitative estimate of drug-likeness (QED) is 0.927. The Hall–Kier alpha value is -2.23. The number of halogens is 1. The number of aryl methyl sites for hydroxylation is 1. The van der Waals surface area contributed by atoms with Crippen molar-refractivity contribution in [3.63, 3.8) is 0 Å². The minimum atomic E-state index is -0.277. The van der Waals surface area contributed by atoms with Gasteiger partial charge in [-0.2, -0.15) is 0 Å². The van der Waals surface area contributed by atoms with Crippen LogP contribution < -0.4 is 5.32 Å². The molecule has 1 aromatic carbocycles. The topological polar surface area (TPSA) is 42.0 Å². The normalized spacial score (nSPS) is 10.3. The minimum absolute atomic E-state index is 0.109. The second-order valence-corrected chi connectivity index (χ2v) is 4.59. The van der Waals surface area contributed by atoms with Crippen LogP contribution in [-0.2, 0) is 0 Å². The van der Waals surface area contributed by atoms with Crippen molar-refractivity contribution in [2.24, 2.45) is 0 Å². The SMILES string of the molecule is CCCNC(=O)c1ccc(-c2ccc(F)cc2)nc1C.